The van der Waals surface area contributed by atoms with Crippen LogP contribution in [-0.4, -0.2) is 13.5 Å². The lowest BCUT2D eigenvalue weighted by Gasteiger charge is -2.17. The van der Waals surface area contributed by atoms with Gasteiger partial charge in [-0.25, -0.2) is 13.1 Å². The molecule has 0 aromatic heterocycles. The van der Waals surface area contributed by atoms with Crippen molar-refractivity contribution in [3.8, 4) is 0 Å². The van der Waals surface area contributed by atoms with Gasteiger partial charge in [-0.3, -0.25) is 0 Å². The van der Waals surface area contributed by atoms with Gasteiger partial charge in [0.1, 0.15) is 0 Å². The zero-order valence-electron chi connectivity index (χ0n) is 12.1. The molecule has 5 heteroatoms. The van der Waals surface area contributed by atoms with Gasteiger partial charge in [-0.05, 0) is 36.6 Å². The number of aliphatic hydroxyl groups is 1. The van der Waals surface area contributed by atoms with Crippen LogP contribution in [0.25, 0.3) is 0 Å². The smallest absolute Gasteiger partial charge is 0.241 e. The van der Waals surface area contributed by atoms with Gasteiger partial charge < -0.3 is 5.11 Å². The maximum Gasteiger partial charge on any atom is 0.241 e. The van der Waals surface area contributed by atoms with Crippen molar-refractivity contribution < 1.29 is 13.5 Å². The van der Waals surface area contributed by atoms with E-state index in [0.717, 1.165) is 11.1 Å². The standard InChI is InChI=1S/C16H19NO3S/c1-12-7-3-5-9-15(12)13(2)17-21(19,20)16-10-6-4-8-14(16)11-18/h3-10,13,17-18H,11H2,1-2H3. The summed E-state index contributed by atoms with van der Waals surface area (Å²) in [7, 11) is -3.68. The maximum absolute atomic E-state index is 12.5. The molecule has 0 amide bonds. The molecule has 2 rings (SSSR count). The van der Waals surface area contributed by atoms with E-state index < -0.39 is 10.0 Å². The number of rotatable bonds is 5. The highest BCUT2D eigenvalue weighted by molar-refractivity contribution is 7.89. The van der Waals surface area contributed by atoms with Crippen LogP contribution in [0.1, 0.15) is 29.7 Å². The predicted octanol–water partition coefficient (Wildman–Crippen LogP) is 2.53. The molecule has 4 nitrogen and oxygen atoms in total. The van der Waals surface area contributed by atoms with E-state index in [1.165, 1.54) is 6.07 Å². The first-order valence-corrected chi connectivity index (χ1v) is 8.20. The second-order valence-corrected chi connectivity index (χ2v) is 6.65. The molecule has 112 valence electrons. The molecule has 0 aliphatic rings. The Morgan fingerprint density at radius 3 is 2.38 bits per heavy atom. The number of aliphatic hydroxyl groups excluding tert-OH is 1. The van der Waals surface area contributed by atoms with Gasteiger partial charge in [-0.15, -0.1) is 0 Å². The Morgan fingerprint density at radius 2 is 1.71 bits per heavy atom. The molecule has 2 aromatic rings. The first-order chi connectivity index (χ1) is 9.95. The first kappa shape index (κ1) is 15.7. The monoisotopic (exact) mass is 305 g/mol. The summed E-state index contributed by atoms with van der Waals surface area (Å²) in [6.45, 7) is 3.44. The Morgan fingerprint density at radius 1 is 1.10 bits per heavy atom. The van der Waals surface area contributed by atoms with E-state index in [-0.39, 0.29) is 17.5 Å². The van der Waals surface area contributed by atoms with Crippen LogP contribution in [0.3, 0.4) is 0 Å². The van der Waals surface area contributed by atoms with Crippen LogP contribution in [-0.2, 0) is 16.6 Å². The van der Waals surface area contributed by atoms with E-state index in [1.54, 1.807) is 25.1 Å². The van der Waals surface area contributed by atoms with E-state index in [1.807, 2.05) is 31.2 Å². The Kier molecular flexibility index (Phi) is 4.77. The lowest BCUT2D eigenvalue weighted by atomic mass is 10.0. The molecule has 0 bridgehead atoms. The molecule has 2 N–H and O–H groups in total. The summed E-state index contributed by atoms with van der Waals surface area (Å²) in [5, 5.41) is 9.28. The second kappa shape index (κ2) is 6.39. The molecule has 21 heavy (non-hydrogen) atoms. The number of hydrogen-bond donors (Lipinski definition) is 2. The van der Waals surface area contributed by atoms with Gasteiger partial charge in [-0.1, -0.05) is 42.5 Å². The summed E-state index contributed by atoms with van der Waals surface area (Å²) >= 11 is 0. The average Bonchev–Trinajstić information content (AvgIpc) is 2.47. The number of aryl methyl sites for hydroxylation is 1. The predicted molar refractivity (Wildman–Crippen MR) is 82.3 cm³/mol. The summed E-state index contributed by atoms with van der Waals surface area (Å²) in [4.78, 5) is 0.118. The zero-order valence-corrected chi connectivity index (χ0v) is 12.9. The lowest BCUT2D eigenvalue weighted by molar-refractivity contribution is 0.278. The molecule has 0 aliphatic heterocycles. The fourth-order valence-electron chi connectivity index (χ4n) is 2.33. The minimum atomic E-state index is -3.68. The third-order valence-corrected chi connectivity index (χ3v) is 5.06. The molecule has 2 aromatic carbocycles. The molecule has 0 heterocycles. The Hall–Kier alpha value is -1.69. The van der Waals surface area contributed by atoms with E-state index in [9.17, 15) is 13.5 Å². The fraction of sp³-hybridized carbons (Fsp3) is 0.250. The van der Waals surface area contributed by atoms with Gasteiger partial charge >= 0.3 is 0 Å². The van der Waals surface area contributed by atoms with Crippen molar-refractivity contribution in [2.75, 3.05) is 0 Å². The number of sulfonamides is 1. The zero-order chi connectivity index (χ0) is 15.5. The third-order valence-electron chi connectivity index (χ3n) is 3.42. The van der Waals surface area contributed by atoms with Crippen molar-refractivity contribution >= 4 is 10.0 Å². The van der Waals surface area contributed by atoms with E-state index in [4.69, 9.17) is 0 Å². The van der Waals surface area contributed by atoms with E-state index in [0.29, 0.717) is 5.56 Å². The highest BCUT2D eigenvalue weighted by atomic mass is 32.2. The van der Waals surface area contributed by atoms with Crippen molar-refractivity contribution in [2.45, 2.75) is 31.4 Å². The van der Waals surface area contributed by atoms with Gasteiger partial charge in [-0.2, -0.15) is 0 Å². The van der Waals surface area contributed by atoms with Gasteiger partial charge in [0.25, 0.3) is 0 Å². The molecular weight excluding hydrogens is 286 g/mol. The second-order valence-electron chi connectivity index (χ2n) is 4.97. The molecule has 0 aliphatic carbocycles. The van der Waals surface area contributed by atoms with Gasteiger partial charge in [0.15, 0.2) is 0 Å². The van der Waals surface area contributed by atoms with Gasteiger partial charge in [0.05, 0.1) is 11.5 Å². The van der Waals surface area contributed by atoms with Crippen molar-refractivity contribution in [1.82, 2.24) is 4.72 Å². The first-order valence-electron chi connectivity index (χ1n) is 6.72. The third kappa shape index (κ3) is 3.50. The van der Waals surface area contributed by atoms with Crippen LogP contribution >= 0.6 is 0 Å². The largest absolute Gasteiger partial charge is 0.392 e. The minimum Gasteiger partial charge on any atom is -0.392 e. The molecule has 0 saturated heterocycles. The van der Waals surface area contributed by atoms with Crippen LogP contribution in [0.5, 0.6) is 0 Å². The topological polar surface area (TPSA) is 66.4 Å². The number of benzene rings is 2. The summed E-state index contributed by atoms with van der Waals surface area (Å²) in [5.74, 6) is 0. The van der Waals surface area contributed by atoms with Crippen LogP contribution in [0.4, 0.5) is 0 Å². The Labute approximate surface area is 125 Å². The van der Waals surface area contributed by atoms with Gasteiger partial charge in [0.2, 0.25) is 10.0 Å². The summed E-state index contributed by atoms with van der Waals surface area (Å²) < 4.78 is 27.6. The molecule has 1 atom stereocenters. The number of nitrogens with one attached hydrogen (secondary N) is 1. The molecule has 0 spiro atoms. The Bertz CT molecular complexity index is 726. The summed E-state index contributed by atoms with van der Waals surface area (Å²) in [6.07, 6.45) is 0. The van der Waals surface area contributed by atoms with Crippen LogP contribution in [0.15, 0.2) is 53.4 Å². The van der Waals surface area contributed by atoms with E-state index >= 15 is 0 Å². The maximum atomic E-state index is 12.5. The van der Waals surface area contributed by atoms with Crippen molar-refractivity contribution in [1.29, 1.82) is 0 Å². The van der Waals surface area contributed by atoms with Crippen molar-refractivity contribution in [2.24, 2.45) is 0 Å². The van der Waals surface area contributed by atoms with Gasteiger partial charge in [0, 0.05) is 6.04 Å². The van der Waals surface area contributed by atoms with Crippen LogP contribution in [0, 0.1) is 6.92 Å². The molecular formula is C16H19NO3S. The fourth-order valence-corrected chi connectivity index (χ4v) is 3.78. The number of hydrogen-bond acceptors (Lipinski definition) is 3. The Balaban J connectivity index is 2.32. The van der Waals surface area contributed by atoms with E-state index in [2.05, 4.69) is 4.72 Å². The molecule has 1 unspecified atom stereocenters. The summed E-state index contributed by atoms with van der Waals surface area (Å²) in [6, 6.07) is 13.8. The normalized spacial score (nSPS) is 13.1. The quantitative estimate of drug-likeness (QED) is 0.892. The van der Waals surface area contributed by atoms with Crippen LogP contribution in [0.2, 0.25) is 0 Å². The molecule has 0 saturated carbocycles. The van der Waals surface area contributed by atoms with Crippen molar-refractivity contribution in [3.63, 3.8) is 0 Å². The lowest BCUT2D eigenvalue weighted by Crippen LogP contribution is -2.28. The van der Waals surface area contributed by atoms with Crippen molar-refractivity contribution in [3.05, 3.63) is 65.2 Å². The minimum absolute atomic E-state index is 0.118. The molecule has 0 radical (unpaired) electrons. The average molecular weight is 305 g/mol. The highest BCUT2D eigenvalue weighted by Gasteiger charge is 2.21. The summed E-state index contributed by atoms with van der Waals surface area (Å²) in [5.41, 5.74) is 2.35. The highest BCUT2D eigenvalue weighted by Crippen LogP contribution is 2.21. The SMILES string of the molecule is Cc1ccccc1C(C)NS(=O)(=O)c1ccccc1CO. The van der Waals surface area contributed by atoms with Crippen LogP contribution < -0.4 is 4.72 Å². The molecule has 0 fully saturated rings.